The molecule has 1 aromatic rings. The van der Waals surface area contributed by atoms with E-state index in [9.17, 15) is 59.1 Å². The summed E-state index contributed by atoms with van der Waals surface area (Å²) in [5.41, 5.74) is 0.942. The van der Waals surface area contributed by atoms with Gasteiger partial charge in [-0.15, -0.1) is 0 Å². The van der Waals surface area contributed by atoms with E-state index in [4.69, 9.17) is 0 Å². The molecule has 2 amide bonds. The molecule has 0 bridgehead atoms. The Balaban J connectivity index is 1.60. The van der Waals surface area contributed by atoms with Gasteiger partial charge in [-0.25, -0.2) is 4.79 Å². The van der Waals surface area contributed by atoms with Gasteiger partial charge in [0, 0.05) is 65.4 Å². The highest BCUT2D eigenvalue weighted by molar-refractivity contribution is 5.88. The molecule has 0 unspecified atom stereocenters. The summed E-state index contributed by atoms with van der Waals surface area (Å²) in [5, 5.41) is 53.8. The highest BCUT2D eigenvalue weighted by atomic mass is 16.4. The van der Waals surface area contributed by atoms with Crippen LogP contribution in [0.4, 0.5) is 0 Å². The molecule has 0 spiro atoms. The number of nitrogens with one attached hydrogen (secondary N) is 2. The normalized spacial score (nSPS) is 19.3. The van der Waals surface area contributed by atoms with Crippen LogP contribution in [0.1, 0.15) is 44.1 Å². The molecule has 2 heterocycles. The number of hydrogen-bond acceptors (Lipinski definition) is 12. The van der Waals surface area contributed by atoms with Crippen molar-refractivity contribution in [1.82, 2.24) is 35.1 Å². The van der Waals surface area contributed by atoms with Crippen LogP contribution in [0.5, 0.6) is 0 Å². The van der Waals surface area contributed by atoms with Gasteiger partial charge in [0.2, 0.25) is 11.8 Å². The molecule has 2 aliphatic heterocycles. The van der Waals surface area contributed by atoms with Crippen molar-refractivity contribution in [3.63, 3.8) is 0 Å². The topological polar surface area (TPSA) is 261 Å². The van der Waals surface area contributed by atoms with Crippen LogP contribution in [0.2, 0.25) is 0 Å². The van der Waals surface area contributed by atoms with Crippen LogP contribution in [0.25, 0.3) is 0 Å². The first-order chi connectivity index (χ1) is 26.7. The zero-order valence-electron chi connectivity index (χ0n) is 31.8. The zero-order valence-corrected chi connectivity index (χ0v) is 31.8. The molecule has 56 heavy (non-hydrogen) atoms. The summed E-state index contributed by atoms with van der Waals surface area (Å²) >= 11 is 0. The molecule has 3 rings (SSSR count). The molecule has 19 heteroatoms. The predicted molar refractivity (Wildman–Crippen MR) is 201 cm³/mol. The van der Waals surface area contributed by atoms with Gasteiger partial charge in [0.05, 0.1) is 32.2 Å². The lowest BCUT2D eigenvalue weighted by Crippen LogP contribution is -2.54. The first-order valence-corrected chi connectivity index (χ1v) is 19.1. The molecule has 0 saturated carbocycles. The second-order valence-corrected chi connectivity index (χ2v) is 14.3. The molecule has 7 N–H and O–H groups in total. The van der Waals surface area contributed by atoms with E-state index in [2.05, 4.69) is 10.6 Å². The van der Waals surface area contributed by atoms with E-state index in [0.29, 0.717) is 45.2 Å². The Bertz CT molecular complexity index is 1440. The van der Waals surface area contributed by atoms with E-state index >= 15 is 0 Å². The summed E-state index contributed by atoms with van der Waals surface area (Å²) in [6.45, 7) is 1.75. The van der Waals surface area contributed by atoms with Gasteiger partial charge >= 0.3 is 29.8 Å². The van der Waals surface area contributed by atoms with Gasteiger partial charge in [-0.2, -0.15) is 0 Å². The van der Waals surface area contributed by atoms with Crippen LogP contribution in [-0.2, 0) is 40.0 Å². The Morgan fingerprint density at radius 3 is 1.59 bits per heavy atom. The van der Waals surface area contributed by atoms with Crippen LogP contribution >= 0.6 is 0 Å². The summed E-state index contributed by atoms with van der Waals surface area (Å²) < 4.78 is 0. The number of likely N-dealkylation sites (tertiary alicyclic amines) is 1. The van der Waals surface area contributed by atoms with Gasteiger partial charge in [0.25, 0.3) is 0 Å². The van der Waals surface area contributed by atoms with Crippen molar-refractivity contribution in [2.24, 2.45) is 0 Å². The third kappa shape index (κ3) is 17.0. The Kier molecular flexibility index (Phi) is 19.6. The van der Waals surface area contributed by atoms with Crippen molar-refractivity contribution in [2.75, 3.05) is 91.6 Å². The Morgan fingerprint density at radius 2 is 1.12 bits per heavy atom. The van der Waals surface area contributed by atoms with Crippen molar-refractivity contribution in [3.8, 4) is 0 Å². The highest BCUT2D eigenvalue weighted by Gasteiger charge is 2.38. The molecule has 0 aliphatic carbocycles. The molecule has 2 aliphatic rings. The number of benzene rings is 1. The van der Waals surface area contributed by atoms with Crippen molar-refractivity contribution >= 4 is 41.7 Å². The molecule has 0 aromatic heterocycles. The average Bonchev–Trinajstić information content (AvgIpc) is 3.63. The van der Waals surface area contributed by atoms with Gasteiger partial charge in [0.1, 0.15) is 12.1 Å². The molecule has 0 radical (unpaired) electrons. The summed E-state index contributed by atoms with van der Waals surface area (Å²) in [5.74, 6) is -6.18. The maximum atomic E-state index is 13.7. The molecule has 19 nitrogen and oxygen atoms in total. The van der Waals surface area contributed by atoms with Gasteiger partial charge in [-0.1, -0.05) is 30.3 Å². The first-order valence-electron chi connectivity index (χ1n) is 19.1. The number of carbonyl (C=O) groups excluding carboxylic acids is 2. The van der Waals surface area contributed by atoms with E-state index in [1.807, 2.05) is 35.2 Å². The number of carbonyl (C=O) groups is 7. The van der Waals surface area contributed by atoms with Crippen LogP contribution in [0.3, 0.4) is 0 Å². The fraction of sp³-hybridized carbons (Fsp3) is 0.649. The molecule has 1 aromatic carbocycles. The van der Waals surface area contributed by atoms with E-state index in [1.54, 1.807) is 14.7 Å². The van der Waals surface area contributed by atoms with Crippen LogP contribution < -0.4 is 10.6 Å². The third-order valence-electron chi connectivity index (χ3n) is 10.00. The maximum Gasteiger partial charge on any atom is 0.326 e. The second-order valence-electron chi connectivity index (χ2n) is 14.3. The number of aryl methyl sites for hydroxylation is 1. The SMILES string of the molecule is O=C(O)CN1CCN(CC(=O)O)CCN(CC(=O)NCCCC[C@H](N[C@@H](CCc2ccccc2)C(=O)O)C(=O)N2CCC[C@H]2C(=O)O)CCN(CC(=O)O)CC1. The van der Waals surface area contributed by atoms with Gasteiger partial charge in [-0.05, 0) is 50.5 Å². The third-order valence-corrected chi connectivity index (χ3v) is 10.00. The van der Waals surface area contributed by atoms with Crippen molar-refractivity contribution < 1.29 is 59.1 Å². The Hall–Kier alpha value is -4.69. The van der Waals surface area contributed by atoms with Crippen molar-refractivity contribution in [1.29, 1.82) is 0 Å². The molecule has 2 saturated heterocycles. The summed E-state index contributed by atoms with van der Waals surface area (Å²) in [4.78, 5) is 93.6. The number of hydrogen-bond donors (Lipinski definition) is 7. The maximum absolute atomic E-state index is 13.7. The largest absolute Gasteiger partial charge is 0.480 e. The van der Waals surface area contributed by atoms with Crippen molar-refractivity contribution in [2.45, 2.75) is 63.1 Å². The summed E-state index contributed by atoms with van der Waals surface area (Å²) in [6.07, 6.45) is 2.56. The monoisotopic (exact) mass is 791 g/mol. The lowest BCUT2D eigenvalue weighted by atomic mass is 10.0. The Morgan fingerprint density at radius 1 is 0.625 bits per heavy atom. The number of rotatable bonds is 21. The molecule has 2 fully saturated rings. The Labute approximate surface area is 326 Å². The second kappa shape index (κ2) is 24.1. The van der Waals surface area contributed by atoms with Crippen LogP contribution in [0, 0.1) is 0 Å². The van der Waals surface area contributed by atoms with Gasteiger partial charge in [-0.3, -0.25) is 53.7 Å². The minimum atomic E-state index is -1.12. The predicted octanol–water partition coefficient (Wildman–Crippen LogP) is -1.13. The van der Waals surface area contributed by atoms with E-state index in [0.717, 1.165) is 5.56 Å². The molecule has 312 valence electrons. The smallest absolute Gasteiger partial charge is 0.326 e. The standard InChI is InChI=1S/C37H57N7O12/c45-31(23-40-15-17-41(24-32(46)47)19-21-43(26-34(50)51)22-20-42(18-16-40)25-33(48)49)38-13-5-4-9-28(35(52)44-14-6-10-30(44)37(55)56)39-29(36(53)54)12-11-27-7-2-1-3-8-27/h1-3,7-8,28-30,39H,4-6,9-26H2,(H,38,45)(H,46,47)(H,48,49)(H,50,51)(H,53,54)(H,55,56)/t28-,29-,30-/m0/s1. The zero-order chi connectivity index (χ0) is 41.0. The first kappa shape index (κ1) is 45.7. The summed E-state index contributed by atoms with van der Waals surface area (Å²) in [6, 6.07) is 6.35. The fourth-order valence-corrected chi connectivity index (χ4v) is 6.99. The molecular weight excluding hydrogens is 734 g/mol. The lowest BCUT2D eigenvalue weighted by Gasteiger charge is -2.32. The van der Waals surface area contributed by atoms with E-state index in [-0.39, 0.29) is 97.3 Å². The number of carboxylic acid groups (broad SMARTS) is 5. The molecule has 3 atom stereocenters. The van der Waals surface area contributed by atoms with Gasteiger partial charge < -0.3 is 35.7 Å². The van der Waals surface area contributed by atoms with Crippen molar-refractivity contribution in [3.05, 3.63) is 35.9 Å². The average molecular weight is 792 g/mol. The quantitative estimate of drug-likeness (QED) is 0.0727. The minimum Gasteiger partial charge on any atom is -0.480 e. The molecular formula is C37H57N7O12. The van der Waals surface area contributed by atoms with Crippen LogP contribution in [-0.4, -0.2) is 201 Å². The number of nitrogens with zero attached hydrogens (tertiary/aromatic N) is 5. The highest BCUT2D eigenvalue weighted by Crippen LogP contribution is 2.20. The minimum absolute atomic E-state index is 0.0527. The lowest BCUT2D eigenvalue weighted by molar-refractivity contribution is -0.149. The summed E-state index contributed by atoms with van der Waals surface area (Å²) in [7, 11) is 0. The number of amides is 2. The fourth-order valence-electron chi connectivity index (χ4n) is 6.99. The van der Waals surface area contributed by atoms with Gasteiger partial charge in [0.15, 0.2) is 0 Å². The number of unbranched alkanes of at least 4 members (excludes halogenated alkanes) is 1. The number of carboxylic acids is 5. The number of aliphatic carboxylic acids is 5. The van der Waals surface area contributed by atoms with E-state index in [1.165, 1.54) is 4.90 Å². The van der Waals surface area contributed by atoms with E-state index < -0.39 is 53.9 Å². The van der Waals surface area contributed by atoms with Crippen LogP contribution in [0.15, 0.2) is 30.3 Å².